The molecule has 1 aliphatic heterocycles. The van der Waals surface area contributed by atoms with Crippen molar-refractivity contribution < 1.29 is 23.0 Å². The third-order valence-electron chi connectivity index (χ3n) is 4.39. The van der Waals surface area contributed by atoms with E-state index in [4.69, 9.17) is 9.47 Å². The molecular weight excluding hydrogens is 370 g/mol. The summed E-state index contributed by atoms with van der Waals surface area (Å²) in [6.45, 7) is 4.03. The number of ether oxygens (including phenoxy) is 2. The Kier molecular flexibility index (Phi) is 4.58. The highest BCUT2D eigenvalue weighted by molar-refractivity contribution is 5.92. The van der Waals surface area contributed by atoms with Gasteiger partial charge in [0.25, 0.3) is 6.43 Å². The third-order valence-corrected chi connectivity index (χ3v) is 4.39. The molecule has 0 saturated carbocycles. The van der Waals surface area contributed by atoms with Crippen molar-refractivity contribution in [2.24, 2.45) is 0 Å². The number of carbonyl (C=O) groups excluding carboxylic acids is 1. The molecule has 1 amide bonds. The lowest BCUT2D eigenvalue weighted by molar-refractivity contribution is -0.116. The molecular formula is C19H18F2N4O3. The summed E-state index contributed by atoms with van der Waals surface area (Å²) < 4.78 is 39.1. The van der Waals surface area contributed by atoms with Crippen LogP contribution in [0.15, 0.2) is 24.3 Å². The first kappa shape index (κ1) is 18.1. The Balaban J connectivity index is 1.59. The van der Waals surface area contributed by atoms with Crippen molar-refractivity contribution in [3.63, 3.8) is 0 Å². The average molecular weight is 388 g/mol. The first-order chi connectivity index (χ1) is 13.4. The molecule has 0 saturated heterocycles. The summed E-state index contributed by atoms with van der Waals surface area (Å²) in [6, 6.07) is 6.45. The van der Waals surface area contributed by atoms with E-state index in [9.17, 15) is 13.6 Å². The van der Waals surface area contributed by atoms with Crippen LogP contribution >= 0.6 is 0 Å². The molecule has 3 heterocycles. The third kappa shape index (κ3) is 3.35. The maximum atomic E-state index is 13.4. The van der Waals surface area contributed by atoms with E-state index in [1.165, 1.54) is 10.7 Å². The number of hydrogen-bond donors (Lipinski definition) is 1. The number of nitrogens with one attached hydrogen (secondary N) is 1. The topological polar surface area (TPSA) is 78.3 Å². The predicted molar refractivity (Wildman–Crippen MR) is 98.0 cm³/mol. The van der Waals surface area contributed by atoms with Crippen molar-refractivity contribution in [1.29, 1.82) is 0 Å². The second-order valence-corrected chi connectivity index (χ2v) is 6.50. The Morgan fingerprint density at radius 2 is 1.96 bits per heavy atom. The Hall–Kier alpha value is -3.23. The van der Waals surface area contributed by atoms with Crippen LogP contribution in [0.5, 0.6) is 11.5 Å². The van der Waals surface area contributed by atoms with Gasteiger partial charge in [-0.15, -0.1) is 0 Å². The number of aryl methyl sites for hydroxylation is 2. The van der Waals surface area contributed by atoms with E-state index in [0.29, 0.717) is 41.8 Å². The normalized spacial score (nSPS) is 13.2. The zero-order valence-corrected chi connectivity index (χ0v) is 15.3. The minimum atomic E-state index is -2.65. The largest absolute Gasteiger partial charge is 0.486 e. The number of hydrogen-bond acceptors (Lipinski definition) is 5. The van der Waals surface area contributed by atoms with Gasteiger partial charge in [0.15, 0.2) is 17.1 Å². The summed E-state index contributed by atoms with van der Waals surface area (Å²) >= 11 is 0. The summed E-state index contributed by atoms with van der Waals surface area (Å²) in [4.78, 5) is 16.8. The van der Waals surface area contributed by atoms with Crippen molar-refractivity contribution in [3.8, 4) is 11.5 Å². The summed E-state index contributed by atoms with van der Waals surface area (Å²) in [5.41, 5.74) is 1.53. The maximum Gasteiger partial charge on any atom is 0.264 e. The first-order valence-corrected chi connectivity index (χ1v) is 8.74. The van der Waals surface area contributed by atoms with Crippen molar-refractivity contribution in [2.75, 3.05) is 18.5 Å². The van der Waals surface area contributed by atoms with E-state index in [1.54, 1.807) is 32.0 Å². The number of fused-ring (bicyclic) bond motifs is 2. The SMILES string of the molecule is Cc1cc(C(F)F)c2c(C)nn(CC(=O)Nc3ccc4c(c3)OCCO4)c2n1. The number of rotatable bonds is 4. The fourth-order valence-corrected chi connectivity index (χ4v) is 3.26. The Morgan fingerprint density at radius 3 is 2.71 bits per heavy atom. The smallest absolute Gasteiger partial charge is 0.264 e. The number of pyridine rings is 1. The van der Waals surface area contributed by atoms with Gasteiger partial charge < -0.3 is 14.8 Å². The number of nitrogens with zero attached hydrogens (tertiary/aromatic N) is 3. The van der Waals surface area contributed by atoms with E-state index in [0.717, 1.165) is 0 Å². The van der Waals surface area contributed by atoms with E-state index < -0.39 is 6.43 Å². The van der Waals surface area contributed by atoms with Crippen LogP contribution in [0.4, 0.5) is 14.5 Å². The highest BCUT2D eigenvalue weighted by Crippen LogP contribution is 2.33. The minimum absolute atomic E-state index is 0.126. The molecule has 28 heavy (non-hydrogen) atoms. The zero-order chi connectivity index (χ0) is 19.8. The fraction of sp³-hybridized carbons (Fsp3) is 0.316. The molecule has 0 bridgehead atoms. The van der Waals surface area contributed by atoms with Gasteiger partial charge in [0.05, 0.1) is 11.1 Å². The Labute approximate surface area is 159 Å². The molecule has 0 aliphatic carbocycles. The van der Waals surface area contributed by atoms with Crippen molar-refractivity contribution >= 4 is 22.6 Å². The molecule has 9 heteroatoms. The molecule has 0 unspecified atom stereocenters. The average Bonchev–Trinajstić information content (AvgIpc) is 2.96. The van der Waals surface area contributed by atoms with Gasteiger partial charge in [0, 0.05) is 23.0 Å². The fourth-order valence-electron chi connectivity index (χ4n) is 3.26. The van der Waals surface area contributed by atoms with Gasteiger partial charge in [-0.2, -0.15) is 5.10 Å². The van der Waals surface area contributed by atoms with Crippen LogP contribution in [0.3, 0.4) is 0 Å². The number of carbonyl (C=O) groups is 1. The lowest BCUT2D eigenvalue weighted by atomic mass is 10.1. The Morgan fingerprint density at radius 1 is 1.21 bits per heavy atom. The molecule has 0 atom stereocenters. The predicted octanol–water partition coefficient (Wildman–Crippen LogP) is 3.40. The second kappa shape index (κ2) is 7.06. The zero-order valence-electron chi connectivity index (χ0n) is 15.3. The second-order valence-electron chi connectivity index (χ2n) is 6.50. The van der Waals surface area contributed by atoms with Gasteiger partial charge >= 0.3 is 0 Å². The minimum Gasteiger partial charge on any atom is -0.486 e. The van der Waals surface area contributed by atoms with E-state index in [-0.39, 0.29) is 29.0 Å². The number of halogens is 2. The quantitative estimate of drug-likeness (QED) is 0.741. The summed E-state index contributed by atoms with van der Waals surface area (Å²) in [5.74, 6) is 0.823. The van der Waals surface area contributed by atoms with Crippen molar-refractivity contribution in [2.45, 2.75) is 26.8 Å². The van der Waals surface area contributed by atoms with Gasteiger partial charge in [0.2, 0.25) is 5.91 Å². The molecule has 7 nitrogen and oxygen atoms in total. The molecule has 146 valence electrons. The maximum absolute atomic E-state index is 13.4. The molecule has 1 aromatic carbocycles. The van der Waals surface area contributed by atoms with Gasteiger partial charge in [0.1, 0.15) is 19.8 Å². The summed E-state index contributed by atoms with van der Waals surface area (Å²) in [7, 11) is 0. The Bertz CT molecular complexity index is 1070. The van der Waals surface area contributed by atoms with E-state index >= 15 is 0 Å². The van der Waals surface area contributed by atoms with Gasteiger partial charge in [-0.25, -0.2) is 18.4 Å². The molecule has 4 rings (SSSR count). The summed E-state index contributed by atoms with van der Waals surface area (Å²) in [6.07, 6.45) is -2.65. The first-order valence-electron chi connectivity index (χ1n) is 8.74. The number of alkyl halides is 2. The highest BCUT2D eigenvalue weighted by Gasteiger charge is 2.21. The van der Waals surface area contributed by atoms with Crippen LogP contribution in [-0.2, 0) is 11.3 Å². The summed E-state index contributed by atoms with van der Waals surface area (Å²) in [5, 5.41) is 7.28. The van der Waals surface area contributed by atoms with Crippen molar-refractivity contribution in [3.05, 3.63) is 41.2 Å². The molecule has 0 fully saturated rings. The van der Waals surface area contributed by atoms with Crippen LogP contribution in [0.25, 0.3) is 11.0 Å². The van der Waals surface area contributed by atoms with Gasteiger partial charge in [-0.05, 0) is 32.0 Å². The molecule has 1 N–H and O–H groups in total. The molecule has 3 aromatic rings. The van der Waals surface area contributed by atoms with Crippen LogP contribution in [0, 0.1) is 13.8 Å². The van der Waals surface area contributed by atoms with Crippen LogP contribution in [0.1, 0.15) is 23.4 Å². The van der Waals surface area contributed by atoms with Crippen LogP contribution < -0.4 is 14.8 Å². The molecule has 2 aromatic heterocycles. The van der Waals surface area contributed by atoms with Gasteiger partial charge in [-0.3, -0.25) is 4.79 Å². The number of amides is 1. The number of anilines is 1. The lowest BCUT2D eigenvalue weighted by Crippen LogP contribution is -2.20. The molecule has 0 spiro atoms. The molecule has 1 aliphatic rings. The monoisotopic (exact) mass is 388 g/mol. The van der Waals surface area contributed by atoms with Crippen LogP contribution in [-0.4, -0.2) is 33.9 Å². The van der Waals surface area contributed by atoms with Crippen LogP contribution in [0.2, 0.25) is 0 Å². The van der Waals surface area contributed by atoms with Crippen molar-refractivity contribution in [1.82, 2.24) is 14.8 Å². The lowest BCUT2D eigenvalue weighted by Gasteiger charge is -2.19. The number of aromatic nitrogens is 3. The highest BCUT2D eigenvalue weighted by atomic mass is 19.3. The standard InChI is InChI=1S/C19H18F2N4O3/c1-10-7-13(18(20)21)17-11(2)24-25(19(17)22-10)9-16(26)23-12-3-4-14-15(8-12)28-6-5-27-14/h3-4,7-8,18H,5-6,9H2,1-2H3,(H,23,26). The van der Waals surface area contributed by atoms with E-state index in [2.05, 4.69) is 15.4 Å². The number of benzene rings is 1. The molecule has 0 radical (unpaired) electrons. The van der Waals surface area contributed by atoms with E-state index in [1.807, 2.05) is 0 Å². The van der Waals surface area contributed by atoms with Gasteiger partial charge in [-0.1, -0.05) is 0 Å².